The molecule has 0 unspecified atom stereocenters. The van der Waals surface area contributed by atoms with E-state index in [2.05, 4.69) is 72.6 Å². The van der Waals surface area contributed by atoms with Gasteiger partial charge < -0.3 is 20.3 Å². The van der Waals surface area contributed by atoms with E-state index >= 15 is 0 Å². The highest BCUT2D eigenvalue weighted by Crippen LogP contribution is 2.37. The van der Waals surface area contributed by atoms with E-state index in [1.165, 1.54) is 24.0 Å². The molecule has 2 aromatic rings. The predicted molar refractivity (Wildman–Crippen MR) is 152 cm³/mol. The number of aromatic nitrogens is 2. The molecule has 1 aliphatic rings. The monoisotopic (exact) mass is 512 g/mol. The summed E-state index contributed by atoms with van der Waals surface area (Å²) in [6.45, 7) is 14.5. The molecule has 0 bridgehead atoms. The Bertz CT molecular complexity index is 1110. The van der Waals surface area contributed by atoms with Crippen LogP contribution in [0.5, 0.6) is 5.75 Å². The molecule has 1 aromatic heterocycles. The minimum atomic E-state index is 0.0540. The fourth-order valence-electron chi connectivity index (χ4n) is 4.37. The fourth-order valence-corrected chi connectivity index (χ4v) is 4.46. The topological polar surface area (TPSA) is 77.6 Å². The standard InChI is InChI=1S/C28H41ClN6O/c1-8-10-26(31-28(23(29)9-2)32-27-16-20(6)33-34-27)30-24-15-19(5)22(17-25(24)36-18(3)4)21-11-13-35(7)14-12-21/h9-10,15-18,21,30H,8,11-14H2,1-7H3,(H2,31,32,33,34)/b23-9+,26-10+. The second-order valence-electron chi connectivity index (χ2n) is 9.73. The molecule has 8 heteroatoms. The van der Waals surface area contributed by atoms with Gasteiger partial charge in [0.25, 0.3) is 0 Å². The van der Waals surface area contributed by atoms with E-state index in [1.807, 2.05) is 32.1 Å². The third-order valence-corrected chi connectivity index (χ3v) is 6.61. The quantitative estimate of drug-likeness (QED) is 0.250. The summed E-state index contributed by atoms with van der Waals surface area (Å²) in [5, 5.41) is 14.5. The number of aromatic amines is 1. The van der Waals surface area contributed by atoms with Gasteiger partial charge in [-0.1, -0.05) is 24.6 Å². The second-order valence-corrected chi connectivity index (χ2v) is 10.1. The number of benzene rings is 1. The van der Waals surface area contributed by atoms with Gasteiger partial charge in [-0.3, -0.25) is 5.10 Å². The number of nitrogens with zero attached hydrogens (tertiary/aromatic N) is 3. The minimum Gasteiger partial charge on any atom is -0.489 e. The molecular formula is C28H41ClN6O. The Morgan fingerprint density at radius 2 is 1.97 bits per heavy atom. The van der Waals surface area contributed by atoms with Gasteiger partial charge in [0.1, 0.15) is 11.6 Å². The van der Waals surface area contributed by atoms with Crippen LogP contribution in [-0.2, 0) is 0 Å². The molecule has 0 radical (unpaired) electrons. The molecule has 1 aliphatic heterocycles. The van der Waals surface area contributed by atoms with Crippen molar-refractivity contribution in [3.05, 3.63) is 58.0 Å². The van der Waals surface area contributed by atoms with Gasteiger partial charge in [-0.2, -0.15) is 5.10 Å². The molecule has 196 valence electrons. The molecule has 0 amide bonds. The smallest absolute Gasteiger partial charge is 0.153 e. The first-order chi connectivity index (χ1) is 17.2. The number of halogens is 1. The Hall–Kier alpha value is -2.77. The highest BCUT2D eigenvalue weighted by molar-refractivity contribution is 6.45. The number of hydrogen-bond acceptors (Lipinski definition) is 5. The number of amidine groups is 1. The maximum Gasteiger partial charge on any atom is 0.153 e. The van der Waals surface area contributed by atoms with E-state index in [4.69, 9.17) is 21.3 Å². The van der Waals surface area contributed by atoms with Crippen LogP contribution in [0.2, 0.25) is 0 Å². The van der Waals surface area contributed by atoms with Crippen molar-refractivity contribution in [2.45, 2.75) is 72.8 Å². The van der Waals surface area contributed by atoms with Crippen LogP contribution in [0.3, 0.4) is 0 Å². The largest absolute Gasteiger partial charge is 0.489 e. The van der Waals surface area contributed by atoms with Crippen molar-refractivity contribution in [2.24, 2.45) is 4.99 Å². The lowest BCUT2D eigenvalue weighted by Gasteiger charge is -2.31. The first kappa shape index (κ1) is 27.8. The van der Waals surface area contributed by atoms with Gasteiger partial charge in [0.15, 0.2) is 11.7 Å². The Kier molecular flexibility index (Phi) is 10.0. The highest BCUT2D eigenvalue weighted by atomic mass is 35.5. The normalized spacial score (nSPS) is 16.5. The molecule has 3 N–H and O–H groups in total. The summed E-state index contributed by atoms with van der Waals surface area (Å²) in [6, 6.07) is 6.32. The number of piperidine rings is 1. The Labute approximate surface area is 221 Å². The summed E-state index contributed by atoms with van der Waals surface area (Å²) in [7, 11) is 2.20. The third-order valence-electron chi connectivity index (χ3n) is 6.21. The van der Waals surface area contributed by atoms with E-state index in [-0.39, 0.29) is 6.10 Å². The second kappa shape index (κ2) is 13.0. The van der Waals surface area contributed by atoms with Crippen LogP contribution >= 0.6 is 11.6 Å². The molecular weight excluding hydrogens is 472 g/mol. The molecule has 36 heavy (non-hydrogen) atoms. The van der Waals surface area contributed by atoms with Gasteiger partial charge in [-0.05, 0) is 109 Å². The van der Waals surface area contributed by atoms with Crippen molar-refractivity contribution in [3.8, 4) is 5.75 Å². The summed E-state index contributed by atoms with van der Waals surface area (Å²) >= 11 is 6.52. The summed E-state index contributed by atoms with van der Waals surface area (Å²) in [4.78, 5) is 7.25. The summed E-state index contributed by atoms with van der Waals surface area (Å²) in [6.07, 6.45) is 7.04. The number of hydrogen-bond donors (Lipinski definition) is 3. The Morgan fingerprint density at radius 3 is 2.56 bits per heavy atom. The minimum absolute atomic E-state index is 0.0540. The number of nitrogens with one attached hydrogen (secondary N) is 3. The average Bonchev–Trinajstić information content (AvgIpc) is 3.24. The zero-order valence-corrected chi connectivity index (χ0v) is 23.5. The van der Waals surface area contributed by atoms with Crippen molar-refractivity contribution in [1.82, 2.24) is 15.1 Å². The van der Waals surface area contributed by atoms with Crippen molar-refractivity contribution in [1.29, 1.82) is 0 Å². The van der Waals surface area contributed by atoms with Gasteiger partial charge in [0.05, 0.1) is 16.8 Å². The first-order valence-electron chi connectivity index (χ1n) is 12.9. The van der Waals surface area contributed by atoms with Crippen LogP contribution < -0.4 is 15.4 Å². The van der Waals surface area contributed by atoms with Crippen molar-refractivity contribution in [2.75, 3.05) is 30.8 Å². The Balaban J connectivity index is 1.95. The zero-order chi connectivity index (χ0) is 26.2. The van der Waals surface area contributed by atoms with Crippen LogP contribution in [0.15, 0.2) is 46.2 Å². The lowest BCUT2D eigenvalue weighted by atomic mass is 9.86. The van der Waals surface area contributed by atoms with Crippen LogP contribution in [-0.4, -0.2) is 47.2 Å². The summed E-state index contributed by atoms with van der Waals surface area (Å²) in [5.41, 5.74) is 4.49. The van der Waals surface area contributed by atoms with Gasteiger partial charge in [0.2, 0.25) is 0 Å². The lowest BCUT2D eigenvalue weighted by Crippen LogP contribution is -2.29. The van der Waals surface area contributed by atoms with Gasteiger partial charge in [0, 0.05) is 11.8 Å². The number of ether oxygens (including phenoxy) is 1. The van der Waals surface area contributed by atoms with Crippen molar-refractivity contribution < 1.29 is 4.74 Å². The van der Waals surface area contributed by atoms with E-state index in [9.17, 15) is 0 Å². The Morgan fingerprint density at radius 1 is 1.25 bits per heavy atom. The number of likely N-dealkylation sites (tertiary alicyclic amines) is 1. The zero-order valence-electron chi connectivity index (χ0n) is 22.7. The molecule has 1 aromatic carbocycles. The van der Waals surface area contributed by atoms with Gasteiger partial charge >= 0.3 is 0 Å². The number of allylic oxidation sites excluding steroid dienone is 2. The molecule has 0 saturated carbocycles. The number of aliphatic imine (C=N–C) groups is 1. The molecule has 0 atom stereocenters. The predicted octanol–water partition coefficient (Wildman–Crippen LogP) is 6.94. The summed E-state index contributed by atoms with van der Waals surface area (Å²) in [5.74, 6) is 3.26. The van der Waals surface area contributed by atoms with Crippen LogP contribution in [0, 0.1) is 13.8 Å². The van der Waals surface area contributed by atoms with E-state index < -0.39 is 0 Å². The summed E-state index contributed by atoms with van der Waals surface area (Å²) < 4.78 is 6.29. The SMILES string of the molecule is C\C=C(Cl)/C(=N\C(=C\CC)Nc1cc(C)c(C2CCN(C)CC2)cc1OC(C)C)Nc1cc(C)[nH]n1. The maximum absolute atomic E-state index is 6.52. The molecule has 1 saturated heterocycles. The van der Waals surface area contributed by atoms with Crippen LogP contribution in [0.25, 0.3) is 0 Å². The van der Waals surface area contributed by atoms with Crippen molar-refractivity contribution in [3.63, 3.8) is 0 Å². The molecule has 1 fully saturated rings. The van der Waals surface area contributed by atoms with Crippen LogP contribution in [0.4, 0.5) is 11.5 Å². The van der Waals surface area contributed by atoms with Crippen molar-refractivity contribution >= 4 is 28.9 Å². The molecule has 3 rings (SSSR count). The lowest BCUT2D eigenvalue weighted by molar-refractivity contribution is 0.241. The van der Waals surface area contributed by atoms with Gasteiger partial charge in [-0.25, -0.2) is 4.99 Å². The highest BCUT2D eigenvalue weighted by Gasteiger charge is 2.22. The first-order valence-corrected chi connectivity index (χ1v) is 13.2. The molecule has 2 heterocycles. The average molecular weight is 513 g/mol. The van der Waals surface area contributed by atoms with Crippen LogP contribution in [0.1, 0.15) is 69.7 Å². The molecule has 0 spiro atoms. The number of aryl methyl sites for hydroxylation is 2. The fraction of sp³-hybridized carbons (Fsp3) is 0.500. The number of rotatable bonds is 9. The molecule has 0 aliphatic carbocycles. The third kappa shape index (κ3) is 7.61. The molecule has 7 nitrogen and oxygen atoms in total. The van der Waals surface area contributed by atoms with E-state index in [0.717, 1.165) is 36.6 Å². The van der Waals surface area contributed by atoms with E-state index in [0.29, 0.717) is 28.4 Å². The maximum atomic E-state index is 6.52. The number of H-pyrrole nitrogens is 1. The van der Waals surface area contributed by atoms with E-state index in [1.54, 1.807) is 0 Å². The number of anilines is 2. The van der Waals surface area contributed by atoms with Gasteiger partial charge in [-0.15, -0.1) is 0 Å².